The minimum atomic E-state index is -0.670. The third-order valence-electron chi connectivity index (χ3n) is 4.95. The summed E-state index contributed by atoms with van der Waals surface area (Å²) in [7, 11) is 4.60. The molecule has 1 fully saturated rings. The Kier molecular flexibility index (Phi) is 5.61. The van der Waals surface area contributed by atoms with Gasteiger partial charge in [-0.05, 0) is 42.6 Å². The van der Waals surface area contributed by atoms with Crippen molar-refractivity contribution in [3.63, 3.8) is 0 Å². The summed E-state index contributed by atoms with van der Waals surface area (Å²) in [6.07, 6.45) is 0.518. The Morgan fingerprint density at radius 1 is 0.962 bits per heavy atom. The van der Waals surface area contributed by atoms with Crippen LogP contribution >= 0.6 is 0 Å². The summed E-state index contributed by atoms with van der Waals surface area (Å²) in [6, 6.07) is 8.06. The van der Waals surface area contributed by atoms with Crippen molar-refractivity contribution >= 4 is 0 Å². The molecule has 1 N–H and O–H groups in total. The van der Waals surface area contributed by atoms with Crippen LogP contribution in [0.5, 0.6) is 17.2 Å². The Morgan fingerprint density at radius 2 is 1.73 bits per heavy atom. The highest BCUT2D eigenvalue weighted by Crippen LogP contribution is 2.37. The Hall–Kier alpha value is -2.34. The molecule has 2 aromatic carbocycles. The van der Waals surface area contributed by atoms with Gasteiger partial charge in [0.1, 0.15) is 5.82 Å². The van der Waals surface area contributed by atoms with Crippen LogP contribution in [0.4, 0.5) is 8.78 Å². The maximum Gasteiger partial charge on any atom is 0.168 e. The summed E-state index contributed by atoms with van der Waals surface area (Å²) in [4.78, 5) is 0. The highest BCUT2D eigenvalue weighted by molar-refractivity contribution is 5.45. The van der Waals surface area contributed by atoms with Crippen LogP contribution in [-0.2, 0) is 6.42 Å². The summed E-state index contributed by atoms with van der Waals surface area (Å²) in [6.45, 7) is 1.56. The maximum atomic E-state index is 14.0. The van der Waals surface area contributed by atoms with E-state index < -0.39 is 11.6 Å². The number of methoxy groups -OCH3 is 3. The monoisotopic (exact) mass is 363 g/mol. The molecule has 2 unspecified atom stereocenters. The lowest BCUT2D eigenvalue weighted by molar-refractivity contribution is 0.353. The zero-order valence-electron chi connectivity index (χ0n) is 15.1. The number of halogens is 2. The molecule has 1 aliphatic heterocycles. The fraction of sp³-hybridized carbons (Fsp3) is 0.400. The average molecular weight is 363 g/mol. The van der Waals surface area contributed by atoms with Crippen molar-refractivity contribution in [2.24, 2.45) is 5.92 Å². The lowest BCUT2D eigenvalue weighted by Gasteiger charge is -2.21. The Labute approximate surface area is 152 Å². The summed E-state index contributed by atoms with van der Waals surface area (Å²) in [5, 5.41) is 3.37. The molecular formula is C20H23F2NO3. The molecule has 0 aromatic heterocycles. The molecule has 6 heteroatoms. The van der Waals surface area contributed by atoms with Crippen molar-refractivity contribution in [3.05, 3.63) is 53.1 Å². The Morgan fingerprint density at radius 3 is 2.42 bits per heavy atom. The zero-order valence-corrected chi connectivity index (χ0v) is 15.1. The second-order valence-corrected chi connectivity index (χ2v) is 6.42. The largest absolute Gasteiger partial charge is 0.493 e. The first-order chi connectivity index (χ1) is 12.6. The number of rotatable bonds is 6. The van der Waals surface area contributed by atoms with Crippen molar-refractivity contribution in [1.29, 1.82) is 0 Å². The van der Waals surface area contributed by atoms with E-state index in [0.717, 1.165) is 24.7 Å². The van der Waals surface area contributed by atoms with E-state index in [1.807, 2.05) is 18.2 Å². The van der Waals surface area contributed by atoms with E-state index in [4.69, 9.17) is 14.2 Å². The third kappa shape index (κ3) is 3.60. The van der Waals surface area contributed by atoms with Crippen LogP contribution in [0.25, 0.3) is 0 Å². The Balaban J connectivity index is 1.88. The Bertz CT molecular complexity index is 782. The fourth-order valence-electron chi connectivity index (χ4n) is 3.70. The summed E-state index contributed by atoms with van der Waals surface area (Å²) < 4.78 is 43.5. The highest BCUT2D eigenvalue weighted by Gasteiger charge is 2.30. The lowest BCUT2D eigenvalue weighted by Crippen LogP contribution is -2.15. The molecule has 2 atom stereocenters. The van der Waals surface area contributed by atoms with Crippen LogP contribution in [-0.4, -0.2) is 34.4 Å². The number of hydrogen-bond donors (Lipinski definition) is 1. The quantitative estimate of drug-likeness (QED) is 0.852. The molecule has 140 valence electrons. The smallest absolute Gasteiger partial charge is 0.168 e. The first kappa shape index (κ1) is 18.5. The van der Waals surface area contributed by atoms with Crippen molar-refractivity contribution in [2.75, 3.05) is 34.4 Å². The molecule has 2 aromatic rings. The van der Waals surface area contributed by atoms with Gasteiger partial charge in [-0.1, -0.05) is 6.07 Å². The number of hydrogen-bond acceptors (Lipinski definition) is 4. The van der Waals surface area contributed by atoms with Gasteiger partial charge >= 0.3 is 0 Å². The van der Waals surface area contributed by atoms with E-state index in [-0.39, 0.29) is 17.6 Å². The first-order valence-electron chi connectivity index (χ1n) is 8.52. The minimum absolute atomic E-state index is 0.115. The molecule has 0 bridgehead atoms. The van der Waals surface area contributed by atoms with Crippen LogP contribution < -0.4 is 19.5 Å². The van der Waals surface area contributed by atoms with Gasteiger partial charge in [0.05, 0.1) is 21.3 Å². The molecule has 1 heterocycles. The molecule has 4 nitrogen and oxygen atoms in total. The van der Waals surface area contributed by atoms with Gasteiger partial charge in [-0.3, -0.25) is 0 Å². The second-order valence-electron chi connectivity index (χ2n) is 6.42. The van der Waals surface area contributed by atoms with Crippen LogP contribution in [0.1, 0.15) is 17.0 Å². The molecule has 0 amide bonds. The number of benzene rings is 2. The van der Waals surface area contributed by atoms with Gasteiger partial charge in [0.25, 0.3) is 0 Å². The van der Waals surface area contributed by atoms with Crippen LogP contribution in [0, 0.1) is 17.6 Å². The highest BCUT2D eigenvalue weighted by atomic mass is 19.1. The van der Waals surface area contributed by atoms with E-state index in [1.54, 1.807) is 14.2 Å². The van der Waals surface area contributed by atoms with Crippen LogP contribution in [0.2, 0.25) is 0 Å². The standard InChI is InChI=1S/C20H23F2NO3/c1-24-18-5-4-12(8-19(18)25-2)16-11-23-10-14(16)6-13-7-15(21)9-17(22)20(13)26-3/h4-5,7-9,14,16,23H,6,10-11H2,1-3H3. The normalized spacial score (nSPS) is 19.4. The first-order valence-corrected chi connectivity index (χ1v) is 8.52. The van der Waals surface area contributed by atoms with Crippen LogP contribution in [0.3, 0.4) is 0 Å². The maximum absolute atomic E-state index is 14.0. The van der Waals surface area contributed by atoms with E-state index >= 15 is 0 Å². The molecule has 3 rings (SSSR count). The molecular weight excluding hydrogens is 340 g/mol. The minimum Gasteiger partial charge on any atom is -0.493 e. The number of nitrogens with one attached hydrogen (secondary N) is 1. The van der Waals surface area contributed by atoms with Crippen molar-refractivity contribution in [1.82, 2.24) is 5.32 Å². The number of ether oxygens (including phenoxy) is 3. The van der Waals surface area contributed by atoms with Gasteiger partial charge in [0.2, 0.25) is 0 Å². The molecule has 0 radical (unpaired) electrons. The average Bonchev–Trinajstić information content (AvgIpc) is 3.09. The van der Waals surface area contributed by atoms with Gasteiger partial charge in [-0.15, -0.1) is 0 Å². The molecule has 26 heavy (non-hydrogen) atoms. The zero-order chi connectivity index (χ0) is 18.7. The summed E-state index contributed by atoms with van der Waals surface area (Å²) in [5.41, 5.74) is 1.65. The van der Waals surface area contributed by atoms with E-state index in [0.29, 0.717) is 23.5 Å². The van der Waals surface area contributed by atoms with Gasteiger partial charge in [0, 0.05) is 24.1 Å². The van der Waals surface area contributed by atoms with Gasteiger partial charge < -0.3 is 19.5 Å². The molecule has 0 aliphatic carbocycles. The second kappa shape index (κ2) is 7.91. The van der Waals surface area contributed by atoms with Crippen molar-refractivity contribution in [2.45, 2.75) is 12.3 Å². The SMILES string of the molecule is COc1ccc(C2CNCC2Cc2cc(F)cc(F)c2OC)cc1OC. The predicted octanol–water partition coefficient (Wildman–Crippen LogP) is 3.54. The van der Waals surface area contributed by atoms with Crippen LogP contribution in [0.15, 0.2) is 30.3 Å². The molecule has 0 saturated carbocycles. The molecule has 1 saturated heterocycles. The topological polar surface area (TPSA) is 39.7 Å². The lowest BCUT2D eigenvalue weighted by atomic mass is 9.84. The van der Waals surface area contributed by atoms with Crippen molar-refractivity contribution < 1.29 is 23.0 Å². The summed E-state index contributed by atoms with van der Waals surface area (Å²) in [5.74, 6) is 0.583. The van der Waals surface area contributed by atoms with E-state index in [9.17, 15) is 8.78 Å². The predicted molar refractivity (Wildman–Crippen MR) is 95.3 cm³/mol. The van der Waals surface area contributed by atoms with Gasteiger partial charge in [-0.2, -0.15) is 0 Å². The van der Waals surface area contributed by atoms with E-state index in [2.05, 4.69) is 5.32 Å². The van der Waals surface area contributed by atoms with E-state index in [1.165, 1.54) is 13.2 Å². The van der Waals surface area contributed by atoms with Gasteiger partial charge in [-0.25, -0.2) is 8.78 Å². The fourth-order valence-corrected chi connectivity index (χ4v) is 3.70. The summed E-state index contributed by atoms with van der Waals surface area (Å²) >= 11 is 0. The van der Waals surface area contributed by atoms with Crippen molar-refractivity contribution in [3.8, 4) is 17.2 Å². The molecule has 1 aliphatic rings. The van der Waals surface area contributed by atoms with Gasteiger partial charge in [0.15, 0.2) is 23.1 Å². The molecule has 0 spiro atoms. The third-order valence-corrected chi connectivity index (χ3v) is 4.95.